The molecule has 0 aromatic heterocycles. The summed E-state index contributed by atoms with van der Waals surface area (Å²) in [7, 11) is 1.75. The summed E-state index contributed by atoms with van der Waals surface area (Å²) in [5, 5.41) is 11.2. The van der Waals surface area contributed by atoms with Gasteiger partial charge in [0.05, 0.1) is 11.6 Å². The Balaban J connectivity index is 4.28. The van der Waals surface area contributed by atoms with Gasteiger partial charge in [0.1, 0.15) is 0 Å². The molecule has 0 unspecified atom stereocenters. The number of nitrogens with zero attached hydrogens (tertiary/aromatic N) is 1. The monoisotopic (exact) mass is 134 g/mol. The van der Waals surface area contributed by atoms with Gasteiger partial charge in [0.2, 0.25) is 0 Å². The number of likely N-dealkylation sites (N-methyl/N-ethyl adjacent to an activating group) is 1. The fourth-order valence-corrected chi connectivity index (χ4v) is 0.397. The van der Waals surface area contributed by atoms with Crippen LogP contribution in [0.25, 0.3) is 0 Å². The molecule has 52 valence electrons. The van der Waals surface area contributed by atoms with Crippen molar-refractivity contribution in [3.8, 4) is 6.07 Å². The van der Waals surface area contributed by atoms with Gasteiger partial charge in [-0.25, -0.2) is 0 Å². The molecule has 0 aromatic rings. The van der Waals surface area contributed by atoms with Crippen molar-refractivity contribution in [2.45, 2.75) is 0 Å². The highest BCUT2D eigenvalue weighted by Gasteiger charge is 1.86. The van der Waals surface area contributed by atoms with Crippen LogP contribution >= 0.6 is 0 Å². The molecule has 0 fully saturated rings. The van der Waals surface area contributed by atoms with Gasteiger partial charge in [-0.15, -0.1) is 0 Å². The molecule has 0 heterocycles. The van der Waals surface area contributed by atoms with Crippen molar-refractivity contribution < 1.29 is 0 Å². The van der Waals surface area contributed by atoms with Crippen molar-refractivity contribution in [3.05, 3.63) is 36.6 Å². The number of allylic oxidation sites excluding steroid dienone is 3. The molecule has 0 bridgehead atoms. The molecule has 0 aromatic carbocycles. The molecule has 0 radical (unpaired) electrons. The fourth-order valence-electron chi connectivity index (χ4n) is 0.397. The second-order valence-electron chi connectivity index (χ2n) is 1.69. The van der Waals surface area contributed by atoms with Gasteiger partial charge in [-0.3, -0.25) is 0 Å². The van der Waals surface area contributed by atoms with E-state index >= 15 is 0 Å². The average Bonchev–Trinajstić information content (AvgIpc) is 1.99. The summed E-state index contributed by atoms with van der Waals surface area (Å²) in [5.41, 5.74) is 1.22. The second kappa shape index (κ2) is 4.39. The van der Waals surface area contributed by atoms with Crippen LogP contribution in [0.3, 0.4) is 0 Å². The third-order valence-electron chi connectivity index (χ3n) is 1.000. The molecule has 10 heavy (non-hydrogen) atoms. The highest BCUT2D eigenvalue weighted by molar-refractivity contribution is 5.36. The van der Waals surface area contributed by atoms with Gasteiger partial charge < -0.3 is 5.32 Å². The zero-order valence-corrected chi connectivity index (χ0v) is 6.02. The largest absolute Gasteiger partial charge is 0.389 e. The van der Waals surface area contributed by atoms with E-state index in [2.05, 4.69) is 18.5 Å². The predicted octanol–water partition coefficient (Wildman–Crippen LogP) is 1.36. The van der Waals surface area contributed by atoms with E-state index in [4.69, 9.17) is 5.26 Å². The lowest BCUT2D eigenvalue weighted by Crippen LogP contribution is -2.01. The fraction of sp³-hybridized carbons (Fsp3) is 0.125. The molecule has 1 N–H and O–H groups in total. The number of hydrogen-bond acceptors (Lipinski definition) is 2. The standard InChI is InChI=1S/C8H10N2/c1-4-8(6-9)5-7(2)10-3/h4-5,10H,1-2H2,3H3/b8-5+. The van der Waals surface area contributed by atoms with Crippen LogP contribution in [0.2, 0.25) is 0 Å². The molecule has 0 aliphatic heterocycles. The summed E-state index contributed by atoms with van der Waals surface area (Å²) in [6.07, 6.45) is 3.12. The molecular formula is C8H10N2. The first-order chi connectivity index (χ1) is 4.74. The van der Waals surface area contributed by atoms with Crippen molar-refractivity contribution in [2.75, 3.05) is 7.05 Å². The summed E-state index contributed by atoms with van der Waals surface area (Å²) in [6.45, 7) is 7.08. The minimum Gasteiger partial charge on any atom is -0.389 e. The van der Waals surface area contributed by atoms with Gasteiger partial charge in [0.15, 0.2) is 0 Å². The molecule has 0 rings (SSSR count). The predicted molar refractivity (Wildman–Crippen MR) is 42.1 cm³/mol. The Morgan fingerprint density at radius 3 is 2.60 bits per heavy atom. The van der Waals surface area contributed by atoms with Gasteiger partial charge >= 0.3 is 0 Å². The SMILES string of the molecule is C=C/C(C#N)=C\C(=C)NC. The van der Waals surface area contributed by atoms with Crippen LogP contribution in [0, 0.1) is 11.3 Å². The maximum Gasteiger partial charge on any atom is 0.0992 e. The van der Waals surface area contributed by atoms with Gasteiger partial charge in [0.25, 0.3) is 0 Å². The highest BCUT2D eigenvalue weighted by Crippen LogP contribution is 1.96. The maximum absolute atomic E-state index is 8.41. The van der Waals surface area contributed by atoms with Crippen LogP contribution in [0.15, 0.2) is 36.6 Å². The zero-order chi connectivity index (χ0) is 7.98. The molecular weight excluding hydrogens is 124 g/mol. The van der Waals surface area contributed by atoms with Crippen molar-refractivity contribution in [1.82, 2.24) is 5.32 Å². The first-order valence-corrected chi connectivity index (χ1v) is 2.85. The molecule has 2 nitrogen and oxygen atoms in total. The number of rotatable bonds is 3. The Morgan fingerprint density at radius 2 is 2.30 bits per heavy atom. The van der Waals surface area contributed by atoms with Crippen molar-refractivity contribution in [2.24, 2.45) is 0 Å². The Labute approximate surface area is 61.2 Å². The number of hydrogen-bond donors (Lipinski definition) is 1. The van der Waals surface area contributed by atoms with E-state index < -0.39 is 0 Å². The average molecular weight is 134 g/mol. The zero-order valence-electron chi connectivity index (χ0n) is 6.02. The van der Waals surface area contributed by atoms with Crippen molar-refractivity contribution in [3.63, 3.8) is 0 Å². The Morgan fingerprint density at radius 1 is 1.70 bits per heavy atom. The van der Waals surface area contributed by atoms with Gasteiger partial charge in [-0.1, -0.05) is 19.2 Å². The summed E-state index contributed by atoms with van der Waals surface area (Å²) in [6, 6.07) is 1.96. The Hall–Kier alpha value is -1.49. The maximum atomic E-state index is 8.41. The first kappa shape index (κ1) is 8.51. The Bertz CT molecular complexity index is 206. The van der Waals surface area contributed by atoms with Crippen LogP contribution in [-0.4, -0.2) is 7.05 Å². The van der Waals surface area contributed by atoms with Crippen LogP contribution in [0.5, 0.6) is 0 Å². The van der Waals surface area contributed by atoms with E-state index in [0.717, 1.165) is 0 Å². The van der Waals surface area contributed by atoms with Crippen LogP contribution in [0.1, 0.15) is 0 Å². The normalized spacial score (nSPS) is 9.80. The number of nitrogens with one attached hydrogen (secondary N) is 1. The molecule has 0 aliphatic rings. The Kier molecular flexibility index (Phi) is 3.74. The second-order valence-corrected chi connectivity index (χ2v) is 1.69. The molecule has 0 saturated carbocycles. The highest BCUT2D eigenvalue weighted by atomic mass is 14.8. The minimum atomic E-state index is 0.513. The van der Waals surface area contributed by atoms with E-state index in [1.54, 1.807) is 13.1 Å². The molecule has 0 spiro atoms. The molecule has 0 atom stereocenters. The van der Waals surface area contributed by atoms with Crippen LogP contribution < -0.4 is 5.32 Å². The third kappa shape index (κ3) is 2.73. The minimum absolute atomic E-state index is 0.513. The van der Waals surface area contributed by atoms with Gasteiger partial charge in [-0.2, -0.15) is 5.26 Å². The molecule has 0 amide bonds. The third-order valence-corrected chi connectivity index (χ3v) is 1.000. The van der Waals surface area contributed by atoms with E-state index in [-0.39, 0.29) is 0 Å². The van der Waals surface area contributed by atoms with Gasteiger partial charge in [-0.05, 0) is 6.08 Å². The molecule has 0 aliphatic carbocycles. The summed E-state index contributed by atoms with van der Waals surface area (Å²) in [5.74, 6) is 0. The smallest absolute Gasteiger partial charge is 0.0992 e. The first-order valence-electron chi connectivity index (χ1n) is 2.85. The lowest BCUT2D eigenvalue weighted by atomic mass is 10.2. The lowest BCUT2D eigenvalue weighted by molar-refractivity contribution is 1.04. The molecule has 0 saturated heterocycles. The number of nitriles is 1. The topological polar surface area (TPSA) is 35.8 Å². The quantitative estimate of drug-likeness (QED) is 0.467. The van der Waals surface area contributed by atoms with E-state index in [1.807, 2.05) is 6.07 Å². The van der Waals surface area contributed by atoms with Crippen molar-refractivity contribution in [1.29, 1.82) is 5.26 Å². The summed E-state index contributed by atoms with van der Waals surface area (Å²) < 4.78 is 0. The van der Waals surface area contributed by atoms with Crippen LogP contribution in [0.4, 0.5) is 0 Å². The van der Waals surface area contributed by atoms with Crippen LogP contribution in [-0.2, 0) is 0 Å². The van der Waals surface area contributed by atoms with Crippen molar-refractivity contribution >= 4 is 0 Å². The van der Waals surface area contributed by atoms with E-state index in [1.165, 1.54) is 6.08 Å². The van der Waals surface area contributed by atoms with E-state index in [9.17, 15) is 0 Å². The summed E-state index contributed by atoms with van der Waals surface area (Å²) in [4.78, 5) is 0. The van der Waals surface area contributed by atoms with E-state index in [0.29, 0.717) is 11.3 Å². The lowest BCUT2D eigenvalue weighted by Gasteiger charge is -1.95. The van der Waals surface area contributed by atoms with Gasteiger partial charge in [0, 0.05) is 12.7 Å². The molecule has 2 heteroatoms. The summed E-state index contributed by atoms with van der Waals surface area (Å²) >= 11 is 0.